The van der Waals surface area contributed by atoms with Crippen LogP contribution in [0, 0.1) is 13.8 Å². The molecule has 2 amide bonds. The molecule has 24 heavy (non-hydrogen) atoms. The van der Waals surface area contributed by atoms with E-state index in [-0.39, 0.29) is 17.6 Å². The molecule has 1 atom stereocenters. The summed E-state index contributed by atoms with van der Waals surface area (Å²) in [4.78, 5) is 24.1. The molecule has 1 unspecified atom stereocenters. The Bertz CT molecular complexity index is 748. The van der Waals surface area contributed by atoms with Crippen molar-refractivity contribution in [3.05, 3.63) is 40.6 Å². The smallest absolute Gasteiger partial charge is 0.238 e. The van der Waals surface area contributed by atoms with Gasteiger partial charge in [-0.15, -0.1) is 11.8 Å². The van der Waals surface area contributed by atoms with Crippen LogP contribution in [0.15, 0.2) is 28.8 Å². The van der Waals surface area contributed by atoms with E-state index >= 15 is 0 Å². The molecule has 1 aromatic carbocycles. The fourth-order valence-electron chi connectivity index (χ4n) is 1.86. The average Bonchev–Trinajstić information content (AvgIpc) is 2.94. The highest BCUT2D eigenvalue weighted by Crippen LogP contribution is 2.23. The first-order valence-corrected chi connectivity index (χ1v) is 8.70. The normalized spacial score (nSPS) is 11.8. The van der Waals surface area contributed by atoms with E-state index in [9.17, 15) is 9.59 Å². The van der Waals surface area contributed by atoms with Gasteiger partial charge in [0.25, 0.3) is 0 Å². The number of carbonyl (C=O) groups is 2. The molecule has 8 heteroatoms. The quantitative estimate of drug-likeness (QED) is 0.814. The maximum atomic E-state index is 12.0. The summed E-state index contributed by atoms with van der Waals surface area (Å²) in [6.45, 7) is 5.30. The standard InChI is InChI=1S/C16H18ClN3O3S/c1-9-7-14(20-23-9)19-16(22)11(3)24-8-15(21)18-13-6-4-5-12(17)10(13)2/h4-7,11H,8H2,1-3H3,(H,18,21)(H,19,20,22). The average molecular weight is 368 g/mol. The third-order valence-corrected chi connectivity index (χ3v) is 4.81. The number of aromatic nitrogens is 1. The van der Waals surface area contributed by atoms with Gasteiger partial charge in [0.1, 0.15) is 5.76 Å². The van der Waals surface area contributed by atoms with E-state index in [0.717, 1.165) is 5.56 Å². The van der Waals surface area contributed by atoms with Gasteiger partial charge >= 0.3 is 0 Å². The number of amides is 2. The van der Waals surface area contributed by atoms with E-state index < -0.39 is 5.25 Å². The number of nitrogens with zero attached hydrogens (tertiary/aromatic N) is 1. The van der Waals surface area contributed by atoms with Crippen molar-refractivity contribution in [2.24, 2.45) is 0 Å². The molecule has 1 aromatic heterocycles. The minimum absolute atomic E-state index is 0.151. The number of nitrogens with one attached hydrogen (secondary N) is 2. The highest BCUT2D eigenvalue weighted by atomic mass is 35.5. The molecule has 128 valence electrons. The highest BCUT2D eigenvalue weighted by molar-refractivity contribution is 8.01. The van der Waals surface area contributed by atoms with Crippen LogP contribution in [0.25, 0.3) is 0 Å². The van der Waals surface area contributed by atoms with Crippen LogP contribution >= 0.6 is 23.4 Å². The molecule has 0 bridgehead atoms. The van der Waals surface area contributed by atoms with Crippen molar-refractivity contribution in [1.29, 1.82) is 0 Å². The first-order chi connectivity index (χ1) is 11.4. The van der Waals surface area contributed by atoms with Gasteiger partial charge in [0.15, 0.2) is 5.82 Å². The van der Waals surface area contributed by atoms with E-state index in [0.29, 0.717) is 22.3 Å². The van der Waals surface area contributed by atoms with Crippen LogP contribution < -0.4 is 10.6 Å². The Hall–Kier alpha value is -1.99. The fraction of sp³-hybridized carbons (Fsp3) is 0.312. The van der Waals surface area contributed by atoms with Crippen molar-refractivity contribution in [2.45, 2.75) is 26.0 Å². The van der Waals surface area contributed by atoms with Gasteiger partial charge in [0, 0.05) is 16.8 Å². The Balaban J connectivity index is 1.82. The predicted molar refractivity (Wildman–Crippen MR) is 96.6 cm³/mol. The lowest BCUT2D eigenvalue weighted by Gasteiger charge is -2.12. The number of benzene rings is 1. The summed E-state index contributed by atoms with van der Waals surface area (Å²) in [5.74, 6) is 0.700. The molecule has 0 aliphatic rings. The molecule has 0 aliphatic heterocycles. The molecule has 0 saturated heterocycles. The van der Waals surface area contributed by atoms with Crippen molar-refractivity contribution < 1.29 is 14.1 Å². The van der Waals surface area contributed by atoms with Crippen LogP contribution in [-0.4, -0.2) is 28.0 Å². The zero-order valence-corrected chi connectivity index (χ0v) is 15.1. The first kappa shape index (κ1) is 18.4. The molecule has 0 aliphatic carbocycles. The van der Waals surface area contributed by atoms with Gasteiger partial charge in [-0.25, -0.2) is 0 Å². The van der Waals surface area contributed by atoms with Gasteiger partial charge in [-0.05, 0) is 38.5 Å². The van der Waals surface area contributed by atoms with Crippen molar-refractivity contribution in [3.8, 4) is 0 Å². The van der Waals surface area contributed by atoms with Crippen LogP contribution in [0.2, 0.25) is 5.02 Å². The van der Waals surface area contributed by atoms with E-state index in [2.05, 4.69) is 15.8 Å². The Morgan fingerprint density at radius 1 is 1.33 bits per heavy atom. The molecule has 0 radical (unpaired) electrons. The molecule has 2 aromatic rings. The van der Waals surface area contributed by atoms with Gasteiger partial charge in [-0.2, -0.15) is 0 Å². The van der Waals surface area contributed by atoms with Gasteiger partial charge < -0.3 is 15.2 Å². The lowest BCUT2D eigenvalue weighted by atomic mass is 10.2. The largest absolute Gasteiger partial charge is 0.360 e. The second kappa shape index (κ2) is 8.21. The second-order valence-electron chi connectivity index (χ2n) is 5.23. The van der Waals surface area contributed by atoms with Crippen LogP contribution in [-0.2, 0) is 9.59 Å². The SMILES string of the molecule is Cc1cc(NC(=O)C(C)SCC(=O)Nc2cccc(Cl)c2C)no1. The molecule has 2 rings (SSSR count). The van der Waals surface area contributed by atoms with E-state index in [1.165, 1.54) is 11.8 Å². The third kappa shape index (κ3) is 5.01. The minimum Gasteiger partial charge on any atom is -0.360 e. The summed E-state index contributed by atoms with van der Waals surface area (Å²) < 4.78 is 4.88. The molecule has 0 fully saturated rings. The Labute approximate surface area is 149 Å². The molecule has 6 nitrogen and oxygen atoms in total. The number of carbonyl (C=O) groups excluding carboxylic acids is 2. The molecular weight excluding hydrogens is 350 g/mol. The molecule has 2 N–H and O–H groups in total. The number of thioether (sulfide) groups is 1. The zero-order chi connectivity index (χ0) is 17.7. The van der Waals surface area contributed by atoms with Crippen molar-refractivity contribution in [2.75, 3.05) is 16.4 Å². The van der Waals surface area contributed by atoms with E-state index in [1.807, 2.05) is 6.92 Å². The Morgan fingerprint density at radius 3 is 2.75 bits per heavy atom. The van der Waals surface area contributed by atoms with Crippen LogP contribution in [0.4, 0.5) is 11.5 Å². The number of halogens is 1. The fourth-order valence-corrected chi connectivity index (χ4v) is 2.72. The van der Waals surface area contributed by atoms with Crippen LogP contribution in [0.3, 0.4) is 0 Å². The highest BCUT2D eigenvalue weighted by Gasteiger charge is 2.17. The summed E-state index contributed by atoms with van der Waals surface area (Å²) in [5, 5.41) is 9.32. The van der Waals surface area contributed by atoms with Crippen LogP contribution in [0.1, 0.15) is 18.2 Å². The Morgan fingerprint density at radius 2 is 2.08 bits per heavy atom. The lowest BCUT2D eigenvalue weighted by molar-refractivity contribution is -0.115. The predicted octanol–water partition coefficient (Wildman–Crippen LogP) is 3.64. The van der Waals surface area contributed by atoms with Crippen molar-refractivity contribution >= 4 is 46.7 Å². The number of aryl methyl sites for hydroxylation is 1. The number of rotatable bonds is 6. The number of anilines is 2. The summed E-state index contributed by atoms with van der Waals surface area (Å²) in [5.41, 5.74) is 1.48. The van der Waals surface area contributed by atoms with Gasteiger partial charge in [0.05, 0.1) is 11.0 Å². The van der Waals surface area contributed by atoms with Gasteiger partial charge in [-0.3, -0.25) is 9.59 Å². The zero-order valence-electron chi connectivity index (χ0n) is 13.6. The Kier molecular flexibility index (Phi) is 6.28. The topological polar surface area (TPSA) is 84.2 Å². The molecule has 0 saturated carbocycles. The summed E-state index contributed by atoms with van der Waals surface area (Å²) in [7, 11) is 0. The van der Waals surface area contributed by atoms with Crippen molar-refractivity contribution in [3.63, 3.8) is 0 Å². The third-order valence-electron chi connectivity index (χ3n) is 3.25. The number of hydrogen-bond donors (Lipinski definition) is 2. The van der Waals surface area contributed by atoms with E-state index in [1.54, 1.807) is 38.1 Å². The minimum atomic E-state index is -0.409. The second-order valence-corrected chi connectivity index (χ2v) is 6.96. The summed E-state index contributed by atoms with van der Waals surface area (Å²) in [6.07, 6.45) is 0. The first-order valence-electron chi connectivity index (χ1n) is 7.27. The molecule has 0 spiro atoms. The van der Waals surface area contributed by atoms with Gasteiger partial charge in [0.2, 0.25) is 11.8 Å². The maximum Gasteiger partial charge on any atom is 0.238 e. The lowest BCUT2D eigenvalue weighted by Crippen LogP contribution is -2.25. The van der Waals surface area contributed by atoms with Crippen LogP contribution in [0.5, 0.6) is 0 Å². The monoisotopic (exact) mass is 367 g/mol. The van der Waals surface area contributed by atoms with E-state index in [4.69, 9.17) is 16.1 Å². The molecular formula is C16H18ClN3O3S. The maximum absolute atomic E-state index is 12.0. The summed E-state index contributed by atoms with van der Waals surface area (Å²) >= 11 is 7.25. The molecule has 1 heterocycles. The van der Waals surface area contributed by atoms with Gasteiger partial charge in [-0.1, -0.05) is 22.8 Å². The number of hydrogen-bond acceptors (Lipinski definition) is 5. The van der Waals surface area contributed by atoms with Crippen molar-refractivity contribution in [1.82, 2.24) is 5.16 Å². The summed E-state index contributed by atoms with van der Waals surface area (Å²) in [6, 6.07) is 6.95.